The molecule has 0 fully saturated rings. The van der Waals surface area contributed by atoms with Crippen LogP contribution in [0.3, 0.4) is 0 Å². The molecule has 4 rings (SSSR count). The van der Waals surface area contributed by atoms with E-state index in [1.807, 2.05) is 42.5 Å². The number of imidazole rings is 1. The summed E-state index contributed by atoms with van der Waals surface area (Å²) in [7, 11) is 1.77. The van der Waals surface area contributed by atoms with Gasteiger partial charge in [0.2, 0.25) is 0 Å². The van der Waals surface area contributed by atoms with Crippen LogP contribution in [0.4, 0.5) is 5.82 Å². The van der Waals surface area contributed by atoms with E-state index in [4.69, 9.17) is 4.74 Å². The summed E-state index contributed by atoms with van der Waals surface area (Å²) in [6, 6.07) is 13.9. The molecule has 0 aliphatic rings. The molecule has 0 amide bonds. The van der Waals surface area contributed by atoms with Gasteiger partial charge in [0.05, 0.1) is 16.7 Å². The highest BCUT2D eigenvalue weighted by Crippen LogP contribution is 2.25. The Morgan fingerprint density at radius 1 is 1.13 bits per heavy atom. The van der Waals surface area contributed by atoms with Gasteiger partial charge < -0.3 is 10.1 Å². The summed E-state index contributed by atoms with van der Waals surface area (Å²) in [5, 5.41) is 15.0. The number of nitrogens with zero attached hydrogens (tertiary/aromatic N) is 7. The quantitative estimate of drug-likeness (QED) is 0.455. The molecule has 1 aromatic carbocycles. The zero-order valence-electron chi connectivity index (χ0n) is 17.1. The lowest BCUT2D eigenvalue weighted by molar-refractivity contribution is 0.272. The number of aromatic nitrogens is 7. The summed E-state index contributed by atoms with van der Waals surface area (Å²) >= 11 is 0. The van der Waals surface area contributed by atoms with Gasteiger partial charge in [0.25, 0.3) is 5.95 Å². The Balaban J connectivity index is 1.55. The maximum absolute atomic E-state index is 6.04. The first-order valence-electron chi connectivity index (χ1n) is 9.89. The van der Waals surface area contributed by atoms with Crippen molar-refractivity contribution in [3.8, 4) is 12.0 Å². The fraction of sp³-hybridized carbons (Fsp3) is 0.286. The lowest BCUT2D eigenvalue weighted by atomic mass is 10.2. The van der Waals surface area contributed by atoms with Crippen molar-refractivity contribution in [1.29, 1.82) is 0 Å². The zero-order chi connectivity index (χ0) is 20.9. The number of tetrazole rings is 1. The second-order valence-electron chi connectivity index (χ2n) is 6.96. The molecule has 0 aliphatic heterocycles. The number of rotatable bonds is 9. The topological polar surface area (TPSA) is 95.6 Å². The third kappa shape index (κ3) is 4.14. The molecule has 4 aromatic rings. The second-order valence-corrected chi connectivity index (χ2v) is 6.96. The number of fused-ring (bicyclic) bond motifs is 1. The van der Waals surface area contributed by atoms with Crippen molar-refractivity contribution in [2.75, 3.05) is 5.32 Å². The van der Waals surface area contributed by atoms with Crippen molar-refractivity contribution in [2.45, 2.75) is 32.8 Å². The Labute approximate surface area is 174 Å². The van der Waals surface area contributed by atoms with Crippen LogP contribution in [-0.4, -0.2) is 34.7 Å². The summed E-state index contributed by atoms with van der Waals surface area (Å²) in [5.74, 6) is 1.28. The monoisotopic (exact) mass is 404 g/mol. The van der Waals surface area contributed by atoms with Gasteiger partial charge in [-0.3, -0.25) is 0 Å². The highest BCUT2D eigenvalue weighted by atomic mass is 16.5. The molecule has 0 atom stereocenters. The predicted molar refractivity (Wildman–Crippen MR) is 114 cm³/mol. The lowest BCUT2D eigenvalue weighted by Crippen LogP contribution is -2.09. The number of unbranched alkanes of at least 4 members (excludes halogenated alkanes) is 1. The molecule has 3 heterocycles. The predicted octanol–water partition coefficient (Wildman–Crippen LogP) is 3.64. The van der Waals surface area contributed by atoms with E-state index in [0.717, 1.165) is 47.5 Å². The van der Waals surface area contributed by atoms with E-state index < -0.39 is 0 Å². The van der Waals surface area contributed by atoms with Crippen LogP contribution in [-0.2, 0) is 13.7 Å². The third-order valence-electron chi connectivity index (χ3n) is 4.62. The molecule has 9 nitrogen and oxygen atoms in total. The number of hydrogen-bond acceptors (Lipinski definition) is 7. The van der Waals surface area contributed by atoms with Gasteiger partial charge in [0.15, 0.2) is 0 Å². The number of allylic oxidation sites excluding steroid dienone is 1. The first kappa shape index (κ1) is 19.6. The lowest BCUT2D eigenvalue weighted by Gasteiger charge is -2.11. The average molecular weight is 404 g/mol. The number of ether oxygens (including phenoxy) is 1. The van der Waals surface area contributed by atoms with E-state index in [0.29, 0.717) is 12.0 Å². The molecular weight excluding hydrogens is 380 g/mol. The molecular formula is C21H24N8O. The number of benzene rings is 1. The maximum Gasteiger partial charge on any atom is 0.305 e. The Hall–Kier alpha value is -3.75. The van der Waals surface area contributed by atoms with Crippen LogP contribution in [0.1, 0.15) is 31.9 Å². The van der Waals surface area contributed by atoms with Crippen LogP contribution < -0.4 is 10.1 Å². The largest absolute Gasteiger partial charge is 0.458 e. The van der Waals surface area contributed by atoms with Crippen molar-refractivity contribution in [2.24, 2.45) is 7.05 Å². The van der Waals surface area contributed by atoms with Crippen LogP contribution >= 0.6 is 0 Å². The summed E-state index contributed by atoms with van der Waals surface area (Å²) in [5.41, 5.74) is 3.39. The van der Waals surface area contributed by atoms with Gasteiger partial charge in [0.1, 0.15) is 12.4 Å². The van der Waals surface area contributed by atoms with Crippen molar-refractivity contribution in [3.63, 3.8) is 0 Å². The van der Waals surface area contributed by atoms with E-state index in [1.165, 1.54) is 0 Å². The Kier molecular flexibility index (Phi) is 5.69. The van der Waals surface area contributed by atoms with E-state index in [9.17, 15) is 0 Å². The number of anilines is 1. The maximum atomic E-state index is 6.04. The Bertz CT molecular complexity index is 1160. The smallest absolute Gasteiger partial charge is 0.305 e. The summed E-state index contributed by atoms with van der Waals surface area (Å²) in [4.78, 5) is 9.22. The van der Waals surface area contributed by atoms with E-state index >= 15 is 0 Å². The summed E-state index contributed by atoms with van der Waals surface area (Å²) in [6.45, 7) is 6.48. The molecule has 0 saturated heterocycles. The molecule has 0 bridgehead atoms. The Morgan fingerprint density at radius 2 is 2.00 bits per heavy atom. The summed E-state index contributed by atoms with van der Waals surface area (Å²) in [6.07, 6.45) is 3.15. The number of pyridine rings is 1. The van der Waals surface area contributed by atoms with Gasteiger partial charge >= 0.3 is 6.01 Å². The highest BCUT2D eigenvalue weighted by molar-refractivity contribution is 5.78. The van der Waals surface area contributed by atoms with Gasteiger partial charge in [-0.1, -0.05) is 43.2 Å². The van der Waals surface area contributed by atoms with Crippen molar-refractivity contribution < 1.29 is 4.74 Å². The first-order chi connectivity index (χ1) is 14.7. The second kappa shape index (κ2) is 8.73. The van der Waals surface area contributed by atoms with Gasteiger partial charge in [-0.15, -0.1) is 0 Å². The molecule has 30 heavy (non-hydrogen) atoms. The SMILES string of the molecule is C=C(CCCC)Nc1cccc(COc2nc3ccccc3n2-c2nnnn2C)n1. The molecule has 0 aliphatic carbocycles. The van der Waals surface area contributed by atoms with Crippen LogP contribution in [0.25, 0.3) is 17.0 Å². The van der Waals surface area contributed by atoms with Gasteiger partial charge in [-0.2, -0.15) is 4.98 Å². The van der Waals surface area contributed by atoms with Crippen LogP contribution in [0.2, 0.25) is 0 Å². The van der Waals surface area contributed by atoms with E-state index in [1.54, 1.807) is 16.3 Å². The molecule has 154 valence electrons. The number of nitrogens with one attached hydrogen (secondary N) is 1. The van der Waals surface area contributed by atoms with Gasteiger partial charge in [-0.05, 0) is 47.5 Å². The zero-order valence-corrected chi connectivity index (χ0v) is 17.1. The standard InChI is InChI=1S/C21H24N8O/c1-4-5-9-15(2)22-19-13-8-10-16(23-19)14-30-21-24-17-11-6-7-12-18(17)29(21)20-25-26-27-28(20)3/h6-8,10-13H,2,4-5,9,14H2,1,3H3,(H,22,23). The number of para-hydroxylation sites is 2. The first-order valence-corrected chi connectivity index (χ1v) is 9.89. The van der Waals surface area contributed by atoms with Crippen LogP contribution in [0.15, 0.2) is 54.7 Å². The summed E-state index contributed by atoms with van der Waals surface area (Å²) < 4.78 is 9.41. The average Bonchev–Trinajstić information content (AvgIpc) is 3.33. The molecule has 0 radical (unpaired) electrons. The van der Waals surface area contributed by atoms with Crippen molar-refractivity contribution in [3.05, 3.63) is 60.4 Å². The molecule has 0 unspecified atom stereocenters. The van der Waals surface area contributed by atoms with Gasteiger partial charge in [0, 0.05) is 12.7 Å². The minimum atomic E-state index is 0.256. The fourth-order valence-corrected chi connectivity index (χ4v) is 3.11. The van der Waals surface area contributed by atoms with Crippen LogP contribution in [0, 0.1) is 0 Å². The molecule has 9 heteroatoms. The fourth-order valence-electron chi connectivity index (χ4n) is 3.11. The minimum Gasteiger partial charge on any atom is -0.458 e. The molecule has 1 N–H and O–H groups in total. The molecule has 0 saturated carbocycles. The van der Waals surface area contributed by atoms with E-state index in [-0.39, 0.29) is 6.61 Å². The minimum absolute atomic E-state index is 0.256. The van der Waals surface area contributed by atoms with Crippen molar-refractivity contribution in [1.82, 2.24) is 34.7 Å². The normalized spacial score (nSPS) is 11.0. The van der Waals surface area contributed by atoms with Gasteiger partial charge in [-0.25, -0.2) is 14.2 Å². The highest BCUT2D eigenvalue weighted by Gasteiger charge is 2.18. The van der Waals surface area contributed by atoms with Crippen molar-refractivity contribution >= 4 is 16.9 Å². The Morgan fingerprint density at radius 3 is 2.80 bits per heavy atom. The molecule has 3 aromatic heterocycles. The number of aryl methyl sites for hydroxylation is 1. The van der Waals surface area contributed by atoms with Crippen LogP contribution in [0.5, 0.6) is 6.01 Å². The third-order valence-corrected chi connectivity index (χ3v) is 4.62. The molecule has 0 spiro atoms. The number of hydrogen-bond donors (Lipinski definition) is 1. The van der Waals surface area contributed by atoms with E-state index in [2.05, 4.69) is 44.3 Å².